The number of rotatable bonds is 4. The Kier molecular flexibility index (Phi) is 10.6. The summed E-state index contributed by atoms with van der Waals surface area (Å²) >= 11 is 0. The van der Waals surface area contributed by atoms with E-state index in [0.29, 0.717) is 5.56 Å². The van der Waals surface area contributed by atoms with Crippen molar-refractivity contribution in [1.82, 2.24) is 15.0 Å². The molecule has 0 spiro atoms. The first-order valence-corrected chi connectivity index (χ1v) is 19.3. The van der Waals surface area contributed by atoms with Crippen LogP contribution in [0.25, 0.3) is 67.2 Å². The highest BCUT2D eigenvalue weighted by Crippen LogP contribution is 2.44. The molecule has 2 aromatic heterocycles. The number of fused-ring (bicyclic) bond motifs is 3. The molecule has 0 saturated carbocycles. The van der Waals surface area contributed by atoms with Crippen LogP contribution in [-0.4, -0.2) is 93.4 Å². The average molecular weight is 742 g/mol. The van der Waals surface area contributed by atoms with Gasteiger partial charge in [0, 0.05) is 38.6 Å². The van der Waals surface area contributed by atoms with Gasteiger partial charge in [0.15, 0.2) is 17.5 Å². The van der Waals surface area contributed by atoms with Gasteiger partial charge in [-0.3, -0.25) is 0 Å². The zero-order chi connectivity index (χ0) is 43.4. The van der Waals surface area contributed by atoms with Crippen LogP contribution in [0.15, 0.2) is 52.9 Å². The van der Waals surface area contributed by atoms with Crippen LogP contribution in [0.2, 0.25) is 0 Å². The second kappa shape index (κ2) is 14.6. The highest BCUT2D eigenvalue weighted by Gasteiger charge is 2.28. The van der Waals surface area contributed by atoms with Gasteiger partial charge in [-0.15, -0.1) is 32.8 Å². The van der Waals surface area contributed by atoms with E-state index in [4.69, 9.17) is 97.8 Å². The second-order valence-electron chi connectivity index (χ2n) is 18.4. The van der Waals surface area contributed by atoms with E-state index in [1.54, 1.807) is 0 Å². The molecule has 0 saturated heterocycles. The molecule has 0 aliphatic heterocycles. The topological polar surface area (TPSA) is 51.8 Å². The Hall–Kier alpha value is -4.44. The fourth-order valence-corrected chi connectivity index (χ4v) is 7.33. The summed E-state index contributed by atoms with van der Waals surface area (Å²) in [7, 11) is 63.3. The smallest absolute Gasteiger partial charge is 0.164 e. The van der Waals surface area contributed by atoms with Crippen LogP contribution in [0.4, 0.5) is 0 Å². The van der Waals surface area contributed by atoms with Gasteiger partial charge in [0.25, 0.3) is 0 Å². The van der Waals surface area contributed by atoms with Crippen molar-refractivity contribution in [1.29, 1.82) is 0 Å². The maximum Gasteiger partial charge on any atom is 0.164 e. The summed E-state index contributed by atoms with van der Waals surface area (Å²) in [6, 6.07) is 16.9. The minimum atomic E-state index is -0.164. The van der Waals surface area contributed by atoms with Crippen molar-refractivity contribution >= 4 is 155 Å². The van der Waals surface area contributed by atoms with Gasteiger partial charge in [-0.25, -0.2) is 15.0 Å². The summed E-state index contributed by atoms with van der Waals surface area (Å²) in [6.07, 6.45) is 0. The zero-order valence-corrected chi connectivity index (χ0v) is 35.1. The predicted molar refractivity (Wildman–Crippen MR) is 259 cm³/mol. The van der Waals surface area contributed by atoms with Gasteiger partial charge in [0.1, 0.15) is 89.6 Å². The molecule has 0 amide bonds. The summed E-state index contributed by atoms with van der Waals surface area (Å²) in [5.74, 6) is 0.279. The third kappa shape index (κ3) is 7.31. The molecule has 7 rings (SSSR count). The Morgan fingerprint density at radius 3 is 1.15 bits per heavy atom. The number of nitrogens with zero attached hydrogens (tertiary/aromatic N) is 3. The van der Waals surface area contributed by atoms with Crippen molar-refractivity contribution in [2.24, 2.45) is 0 Å². The van der Waals surface area contributed by atoms with Crippen LogP contribution in [0.3, 0.4) is 0 Å². The van der Waals surface area contributed by atoms with Crippen molar-refractivity contribution in [2.75, 3.05) is 0 Å². The van der Waals surface area contributed by atoms with E-state index in [-0.39, 0.29) is 99.5 Å². The molecule has 5 aromatic carbocycles. The quantitative estimate of drug-likeness (QED) is 0.244. The minimum absolute atomic E-state index is 0.0261. The molecule has 7 aromatic rings. The van der Waals surface area contributed by atoms with Crippen LogP contribution >= 0.6 is 0 Å². The SMILES string of the molecule is [B]c1c([B])c([B])c(-c2nc(-c3ccc(-c4cc(C(C)(C)C)cc5c4oc4c(C(C)(C)C)cc(C(C)(C)C)cc45)cc3)nc(-c3c([B])c([B])c([B])c([B])c3[B])n2)c([B])c1[B]. The van der Waals surface area contributed by atoms with Crippen LogP contribution in [0.5, 0.6) is 0 Å². The fraction of sp³-hybridized carbons (Fsp3) is 0.267. The molecule has 0 bridgehead atoms. The average Bonchev–Trinajstić information content (AvgIpc) is 3.55. The molecule has 4 nitrogen and oxygen atoms in total. The molecule has 0 N–H and O–H groups in total. The molecule has 14 heteroatoms. The molecular weight excluding hydrogens is 707 g/mol. The maximum atomic E-state index is 6.94. The summed E-state index contributed by atoms with van der Waals surface area (Å²) in [4.78, 5) is 14.3. The van der Waals surface area contributed by atoms with Crippen LogP contribution in [0.1, 0.15) is 79.0 Å². The molecule has 0 unspecified atom stereocenters. The lowest BCUT2D eigenvalue weighted by Gasteiger charge is -2.25. The summed E-state index contributed by atoms with van der Waals surface area (Å²) in [6.45, 7) is 20.0. The van der Waals surface area contributed by atoms with E-state index in [1.165, 1.54) is 11.1 Å². The van der Waals surface area contributed by atoms with Crippen molar-refractivity contribution in [3.05, 3.63) is 65.2 Å². The van der Waals surface area contributed by atoms with Gasteiger partial charge in [0.05, 0.1) is 0 Å². The second-order valence-corrected chi connectivity index (χ2v) is 18.4. The van der Waals surface area contributed by atoms with Gasteiger partial charge < -0.3 is 4.42 Å². The number of benzene rings is 5. The number of furan rings is 1. The normalized spacial score (nSPS) is 12.5. The molecule has 59 heavy (non-hydrogen) atoms. The van der Waals surface area contributed by atoms with Crippen LogP contribution < -0.4 is 54.6 Å². The molecule has 20 radical (unpaired) electrons. The summed E-state index contributed by atoms with van der Waals surface area (Å²) in [5.41, 5.74) is 7.98. The largest absolute Gasteiger partial charge is 0.455 e. The number of hydrogen-bond acceptors (Lipinski definition) is 4. The molecule has 2 heterocycles. The maximum absolute atomic E-state index is 6.94. The first-order chi connectivity index (χ1) is 27.3. The highest BCUT2D eigenvalue weighted by atomic mass is 16.3. The van der Waals surface area contributed by atoms with E-state index in [9.17, 15) is 0 Å². The van der Waals surface area contributed by atoms with Crippen molar-refractivity contribution in [2.45, 2.75) is 78.6 Å². The van der Waals surface area contributed by atoms with Gasteiger partial charge >= 0.3 is 0 Å². The van der Waals surface area contributed by atoms with Crippen molar-refractivity contribution < 1.29 is 4.42 Å². The van der Waals surface area contributed by atoms with Gasteiger partial charge in [0.2, 0.25) is 0 Å². The monoisotopic (exact) mass is 743 g/mol. The zero-order valence-electron chi connectivity index (χ0n) is 35.1. The van der Waals surface area contributed by atoms with Crippen LogP contribution in [-0.2, 0) is 16.2 Å². The number of aromatic nitrogens is 3. The first-order valence-electron chi connectivity index (χ1n) is 19.3. The number of hydrogen-bond donors (Lipinski definition) is 0. The lowest BCUT2D eigenvalue weighted by Crippen LogP contribution is -2.55. The first kappa shape index (κ1) is 42.7. The van der Waals surface area contributed by atoms with Crippen molar-refractivity contribution in [3.8, 4) is 45.3 Å². The molecular formula is C45H35B10N3O. The highest BCUT2D eigenvalue weighted by molar-refractivity contribution is 6.69. The molecule has 0 fully saturated rings. The molecule has 0 aliphatic carbocycles. The Bertz CT molecular complexity index is 2740. The molecule has 0 aliphatic rings. The third-order valence-corrected chi connectivity index (χ3v) is 11.1. The predicted octanol–water partition coefficient (Wildman–Crippen LogP) is 0.270. The lowest BCUT2D eigenvalue weighted by molar-refractivity contribution is 0.559. The molecule has 266 valence electrons. The van der Waals surface area contributed by atoms with E-state index < -0.39 is 0 Å². The van der Waals surface area contributed by atoms with Gasteiger partial charge in [-0.2, -0.15) is 0 Å². The Balaban J connectivity index is 1.48. The lowest BCUT2D eigenvalue weighted by atomic mass is 9.60. The summed E-state index contributed by atoms with van der Waals surface area (Å²) in [5, 5.41) is 2.15. The molecule has 0 atom stereocenters. The Morgan fingerprint density at radius 1 is 0.390 bits per heavy atom. The van der Waals surface area contributed by atoms with E-state index >= 15 is 0 Å². The van der Waals surface area contributed by atoms with E-state index in [1.807, 2.05) is 24.3 Å². The standard InChI is InChI=1S/C45H35B10N3O/c1-43(2,3)20-14-22(38-23(15-20)24-16-21(44(4,5)6)17-25(39(24)59-38)45(7,8)9)18-10-12-19(13-11-18)40-56-41(26-28(46)32(50)36(54)33(51)29(26)47)58-42(57-40)27-30(48)34(52)37(55)35(53)31(27)49/h10-17H,1-9H3. The van der Waals surface area contributed by atoms with Crippen LogP contribution in [0, 0.1) is 0 Å². The van der Waals surface area contributed by atoms with E-state index in [2.05, 4.69) is 86.6 Å². The third-order valence-electron chi connectivity index (χ3n) is 11.1. The fourth-order valence-electron chi connectivity index (χ4n) is 7.33. The van der Waals surface area contributed by atoms with Crippen molar-refractivity contribution in [3.63, 3.8) is 0 Å². The minimum Gasteiger partial charge on any atom is -0.455 e. The Morgan fingerprint density at radius 2 is 0.746 bits per heavy atom. The summed E-state index contributed by atoms with van der Waals surface area (Å²) < 4.78 is 6.94. The Labute approximate surface area is 361 Å². The van der Waals surface area contributed by atoms with Gasteiger partial charge in [-0.05, 0) is 51.1 Å². The van der Waals surface area contributed by atoms with E-state index in [0.717, 1.165) is 38.6 Å². The van der Waals surface area contributed by atoms with Gasteiger partial charge in [-0.1, -0.05) is 114 Å².